The third-order valence-electron chi connectivity index (χ3n) is 2.03. The Bertz CT molecular complexity index is 310. The predicted molar refractivity (Wildman–Crippen MR) is 48.5 cm³/mol. The highest BCUT2D eigenvalue weighted by Gasteiger charge is 2.34. The van der Waals surface area contributed by atoms with Gasteiger partial charge in [0.15, 0.2) is 0 Å². The van der Waals surface area contributed by atoms with Crippen molar-refractivity contribution < 1.29 is 9.47 Å². The van der Waals surface area contributed by atoms with Crippen molar-refractivity contribution in [3.8, 4) is 0 Å². The minimum atomic E-state index is -0.717. The van der Waals surface area contributed by atoms with Gasteiger partial charge >= 0.3 is 0 Å². The summed E-state index contributed by atoms with van der Waals surface area (Å²) in [5.41, 5.74) is 0.720. The lowest BCUT2D eigenvalue weighted by Crippen LogP contribution is -2.23. The van der Waals surface area contributed by atoms with Crippen molar-refractivity contribution in [1.82, 2.24) is 4.98 Å². The SMILES string of the molecule is CC1(c2cc(Cl)ccn2)OCCO1. The monoisotopic (exact) mass is 199 g/mol. The fourth-order valence-electron chi connectivity index (χ4n) is 1.32. The smallest absolute Gasteiger partial charge is 0.209 e. The first kappa shape index (κ1) is 8.94. The van der Waals surface area contributed by atoms with Crippen molar-refractivity contribution in [1.29, 1.82) is 0 Å². The first-order valence-electron chi connectivity index (χ1n) is 4.11. The summed E-state index contributed by atoms with van der Waals surface area (Å²) in [6, 6.07) is 3.48. The normalized spacial score (nSPS) is 20.5. The Morgan fingerprint density at radius 3 is 2.77 bits per heavy atom. The van der Waals surface area contributed by atoms with Crippen LogP contribution in [-0.2, 0) is 15.3 Å². The molecule has 0 unspecified atom stereocenters. The van der Waals surface area contributed by atoms with E-state index in [1.54, 1.807) is 18.3 Å². The molecule has 0 bridgehead atoms. The van der Waals surface area contributed by atoms with Crippen molar-refractivity contribution in [2.45, 2.75) is 12.7 Å². The number of aromatic nitrogens is 1. The second kappa shape index (κ2) is 3.25. The van der Waals surface area contributed by atoms with Crippen LogP contribution in [0, 0.1) is 0 Å². The number of ether oxygens (including phenoxy) is 2. The van der Waals surface area contributed by atoms with Gasteiger partial charge in [0.05, 0.1) is 13.2 Å². The molecule has 1 saturated heterocycles. The maximum atomic E-state index is 5.83. The van der Waals surface area contributed by atoms with E-state index < -0.39 is 5.79 Å². The van der Waals surface area contributed by atoms with Crippen LogP contribution in [0.5, 0.6) is 0 Å². The first-order chi connectivity index (χ1) is 6.21. The van der Waals surface area contributed by atoms with Gasteiger partial charge in [-0.1, -0.05) is 11.6 Å². The highest BCUT2D eigenvalue weighted by atomic mass is 35.5. The molecule has 0 radical (unpaired) electrons. The van der Waals surface area contributed by atoms with E-state index >= 15 is 0 Å². The maximum Gasteiger partial charge on any atom is 0.209 e. The second-order valence-corrected chi connectivity index (χ2v) is 3.44. The molecule has 1 fully saturated rings. The van der Waals surface area contributed by atoms with Crippen LogP contribution in [0.15, 0.2) is 18.3 Å². The number of rotatable bonds is 1. The lowest BCUT2D eigenvalue weighted by molar-refractivity contribution is -0.152. The zero-order chi connectivity index (χ0) is 9.31. The van der Waals surface area contributed by atoms with Crippen molar-refractivity contribution in [2.24, 2.45) is 0 Å². The lowest BCUT2D eigenvalue weighted by Gasteiger charge is -2.21. The summed E-state index contributed by atoms with van der Waals surface area (Å²) < 4.78 is 10.9. The minimum Gasteiger partial charge on any atom is -0.342 e. The molecule has 1 aliphatic rings. The zero-order valence-electron chi connectivity index (χ0n) is 7.29. The van der Waals surface area contributed by atoms with E-state index in [0.717, 1.165) is 5.69 Å². The Morgan fingerprint density at radius 2 is 2.15 bits per heavy atom. The van der Waals surface area contributed by atoms with Crippen molar-refractivity contribution in [3.05, 3.63) is 29.0 Å². The average Bonchev–Trinajstić information content (AvgIpc) is 2.54. The highest BCUT2D eigenvalue weighted by Crippen LogP contribution is 2.30. The van der Waals surface area contributed by atoms with Gasteiger partial charge in [-0.05, 0) is 19.1 Å². The topological polar surface area (TPSA) is 31.4 Å². The van der Waals surface area contributed by atoms with Crippen molar-refractivity contribution in [3.63, 3.8) is 0 Å². The Balaban J connectivity index is 2.33. The number of halogens is 1. The summed E-state index contributed by atoms with van der Waals surface area (Å²) in [7, 11) is 0. The van der Waals surface area contributed by atoms with Crippen LogP contribution in [0.4, 0.5) is 0 Å². The molecule has 2 heterocycles. The van der Waals surface area contributed by atoms with Gasteiger partial charge in [0, 0.05) is 11.2 Å². The summed E-state index contributed by atoms with van der Waals surface area (Å²) in [6.45, 7) is 3.05. The summed E-state index contributed by atoms with van der Waals surface area (Å²) in [6.07, 6.45) is 1.65. The molecule has 3 nitrogen and oxygen atoms in total. The third-order valence-corrected chi connectivity index (χ3v) is 2.26. The van der Waals surface area contributed by atoms with Crippen LogP contribution in [0.2, 0.25) is 5.02 Å². The van der Waals surface area contributed by atoms with Gasteiger partial charge in [-0.15, -0.1) is 0 Å². The lowest BCUT2D eigenvalue weighted by atomic mass is 10.2. The molecule has 0 aromatic carbocycles. The second-order valence-electron chi connectivity index (χ2n) is 3.00. The van der Waals surface area contributed by atoms with Crippen LogP contribution in [0.3, 0.4) is 0 Å². The molecular weight excluding hydrogens is 190 g/mol. The van der Waals surface area contributed by atoms with E-state index in [1.165, 1.54) is 0 Å². The molecule has 70 valence electrons. The maximum absolute atomic E-state index is 5.83. The van der Waals surface area contributed by atoms with Gasteiger partial charge in [-0.25, -0.2) is 0 Å². The summed E-state index contributed by atoms with van der Waals surface area (Å²) in [5.74, 6) is -0.717. The molecule has 0 aliphatic carbocycles. The number of hydrogen-bond donors (Lipinski definition) is 0. The predicted octanol–water partition coefficient (Wildman–Crippen LogP) is 1.95. The van der Waals surface area contributed by atoms with Crippen LogP contribution in [0.25, 0.3) is 0 Å². The molecule has 0 saturated carbocycles. The zero-order valence-corrected chi connectivity index (χ0v) is 8.04. The molecule has 1 aromatic rings. The molecular formula is C9H10ClNO2. The fourth-order valence-corrected chi connectivity index (χ4v) is 1.48. The summed E-state index contributed by atoms with van der Waals surface area (Å²) >= 11 is 5.83. The third kappa shape index (κ3) is 1.68. The standard InChI is InChI=1S/C9H10ClNO2/c1-9(12-4-5-13-9)8-6-7(10)2-3-11-8/h2-3,6H,4-5H2,1H3. The van der Waals surface area contributed by atoms with Crippen molar-refractivity contribution >= 4 is 11.6 Å². The molecule has 0 atom stereocenters. The van der Waals surface area contributed by atoms with Crippen LogP contribution in [-0.4, -0.2) is 18.2 Å². The fraction of sp³-hybridized carbons (Fsp3) is 0.444. The summed E-state index contributed by atoms with van der Waals surface area (Å²) in [4.78, 5) is 4.16. The van der Waals surface area contributed by atoms with E-state index in [-0.39, 0.29) is 0 Å². The molecule has 2 rings (SSSR count). The van der Waals surface area contributed by atoms with E-state index in [4.69, 9.17) is 21.1 Å². The van der Waals surface area contributed by atoms with E-state index in [9.17, 15) is 0 Å². The van der Waals surface area contributed by atoms with Gasteiger partial charge in [0.25, 0.3) is 0 Å². The van der Waals surface area contributed by atoms with Crippen molar-refractivity contribution in [2.75, 3.05) is 13.2 Å². The quantitative estimate of drug-likeness (QED) is 0.693. The largest absolute Gasteiger partial charge is 0.342 e. The first-order valence-corrected chi connectivity index (χ1v) is 4.48. The van der Waals surface area contributed by atoms with Crippen LogP contribution < -0.4 is 0 Å². The van der Waals surface area contributed by atoms with E-state index in [1.807, 2.05) is 6.92 Å². The van der Waals surface area contributed by atoms with Gasteiger partial charge in [-0.3, -0.25) is 4.98 Å². The van der Waals surface area contributed by atoms with Crippen LogP contribution >= 0.6 is 11.6 Å². The Hall–Kier alpha value is -0.640. The Kier molecular flexibility index (Phi) is 2.24. The molecule has 0 spiro atoms. The van der Waals surface area contributed by atoms with Gasteiger partial charge in [0.1, 0.15) is 5.69 Å². The average molecular weight is 200 g/mol. The Labute approximate surface area is 81.6 Å². The number of hydrogen-bond acceptors (Lipinski definition) is 3. The molecule has 13 heavy (non-hydrogen) atoms. The van der Waals surface area contributed by atoms with Gasteiger partial charge < -0.3 is 9.47 Å². The van der Waals surface area contributed by atoms with Gasteiger partial charge in [0.2, 0.25) is 5.79 Å². The minimum absolute atomic E-state index is 0.602. The molecule has 4 heteroatoms. The summed E-state index contributed by atoms with van der Waals surface area (Å²) in [5, 5.41) is 0.644. The highest BCUT2D eigenvalue weighted by molar-refractivity contribution is 6.30. The molecule has 0 N–H and O–H groups in total. The van der Waals surface area contributed by atoms with E-state index in [2.05, 4.69) is 4.98 Å². The molecule has 1 aliphatic heterocycles. The van der Waals surface area contributed by atoms with Crippen LogP contribution in [0.1, 0.15) is 12.6 Å². The van der Waals surface area contributed by atoms with E-state index in [0.29, 0.717) is 18.2 Å². The van der Waals surface area contributed by atoms with Gasteiger partial charge in [-0.2, -0.15) is 0 Å². The number of nitrogens with zero attached hydrogens (tertiary/aromatic N) is 1. The number of pyridine rings is 1. The Morgan fingerprint density at radius 1 is 1.46 bits per heavy atom. The molecule has 1 aromatic heterocycles. The molecule has 0 amide bonds.